The molecular weight excluding hydrogens is 218 g/mol. The fourth-order valence-corrected chi connectivity index (χ4v) is 2.16. The summed E-state index contributed by atoms with van der Waals surface area (Å²) in [6.07, 6.45) is 6.22. The van der Waals surface area contributed by atoms with Crippen LogP contribution in [-0.4, -0.2) is 48.3 Å². The molecule has 4 nitrogen and oxygen atoms in total. The topological polar surface area (TPSA) is 49.8 Å². The minimum Gasteiger partial charge on any atom is -0.394 e. The molecule has 1 saturated carbocycles. The van der Waals surface area contributed by atoms with Gasteiger partial charge in [0.05, 0.1) is 12.1 Å². The van der Waals surface area contributed by atoms with Crippen molar-refractivity contribution in [2.75, 3.05) is 26.9 Å². The predicted molar refractivity (Wildman–Crippen MR) is 66.8 cm³/mol. The maximum absolute atomic E-state index is 11.9. The van der Waals surface area contributed by atoms with Crippen LogP contribution in [0.3, 0.4) is 0 Å². The second kappa shape index (κ2) is 6.97. The van der Waals surface area contributed by atoms with Crippen LogP contribution in [0, 0.1) is 0 Å². The van der Waals surface area contributed by atoms with Crippen molar-refractivity contribution < 1.29 is 14.6 Å². The molecule has 4 heteroatoms. The van der Waals surface area contributed by atoms with Crippen molar-refractivity contribution in [2.45, 2.75) is 51.0 Å². The first-order valence-corrected chi connectivity index (χ1v) is 6.61. The van der Waals surface area contributed by atoms with Crippen molar-refractivity contribution in [3.05, 3.63) is 0 Å². The zero-order valence-corrected chi connectivity index (χ0v) is 11.1. The predicted octanol–water partition coefficient (Wildman–Crippen LogP) is 1.57. The number of aliphatic hydroxyl groups is 1. The number of unbranched alkanes of at least 4 members (excludes halogenated alkanes) is 2. The molecular formula is C13H25NO3. The molecule has 0 unspecified atom stereocenters. The lowest BCUT2D eigenvalue weighted by Crippen LogP contribution is -2.57. The van der Waals surface area contributed by atoms with E-state index in [2.05, 4.69) is 6.92 Å². The maximum atomic E-state index is 11.9. The van der Waals surface area contributed by atoms with Gasteiger partial charge in [0.15, 0.2) is 0 Å². The molecule has 1 fully saturated rings. The summed E-state index contributed by atoms with van der Waals surface area (Å²) in [6, 6.07) is 0. The quantitative estimate of drug-likeness (QED) is 0.658. The van der Waals surface area contributed by atoms with Crippen LogP contribution in [0.25, 0.3) is 0 Å². The van der Waals surface area contributed by atoms with Gasteiger partial charge in [0.25, 0.3) is 0 Å². The molecule has 1 rings (SSSR count). The van der Waals surface area contributed by atoms with E-state index in [4.69, 9.17) is 4.74 Å². The molecule has 0 aromatic carbocycles. The van der Waals surface area contributed by atoms with Gasteiger partial charge in [-0.25, -0.2) is 0 Å². The molecule has 17 heavy (non-hydrogen) atoms. The van der Waals surface area contributed by atoms with Gasteiger partial charge in [-0.1, -0.05) is 19.8 Å². The SMILES string of the molecule is CCCCCOCC(=O)N(C)C1(CO)CCC1. The Morgan fingerprint density at radius 1 is 1.41 bits per heavy atom. The van der Waals surface area contributed by atoms with Crippen molar-refractivity contribution in [1.29, 1.82) is 0 Å². The van der Waals surface area contributed by atoms with Crippen LogP contribution in [-0.2, 0) is 9.53 Å². The highest BCUT2D eigenvalue weighted by Gasteiger charge is 2.42. The lowest BCUT2D eigenvalue weighted by molar-refractivity contribution is -0.147. The van der Waals surface area contributed by atoms with Crippen LogP contribution >= 0.6 is 0 Å². The zero-order chi connectivity index (χ0) is 12.7. The van der Waals surface area contributed by atoms with Gasteiger partial charge < -0.3 is 14.7 Å². The third kappa shape index (κ3) is 3.68. The monoisotopic (exact) mass is 243 g/mol. The molecule has 0 radical (unpaired) electrons. The average molecular weight is 243 g/mol. The first-order chi connectivity index (χ1) is 8.16. The van der Waals surface area contributed by atoms with E-state index in [-0.39, 0.29) is 24.7 Å². The summed E-state index contributed by atoms with van der Waals surface area (Å²) < 4.78 is 5.35. The highest BCUT2D eigenvalue weighted by molar-refractivity contribution is 5.78. The molecule has 0 aliphatic heterocycles. The molecule has 0 heterocycles. The summed E-state index contributed by atoms with van der Waals surface area (Å²) in [7, 11) is 1.77. The lowest BCUT2D eigenvalue weighted by Gasteiger charge is -2.47. The summed E-state index contributed by atoms with van der Waals surface area (Å²) in [6.45, 7) is 2.99. The molecule has 1 aliphatic rings. The Hall–Kier alpha value is -0.610. The Morgan fingerprint density at radius 2 is 2.12 bits per heavy atom. The van der Waals surface area contributed by atoms with Crippen LogP contribution in [0.15, 0.2) is 0 Å². The highest BCUT2D eigenvalue weighted by Crippen LogP contribution is 2.36. The Kier molecular flexibility index (Phi) is 5.92. The van der Waals surface area contributed by atoms with Gasteiger partial charge in [0.1, 0.15) is 6.61 Å². The normalized spacial score (nSPS) is 17.6. The second-order valence-electron chi connectivity index (χ2n) is 4.95. The summed E-state index contributed by atoms with van der Waals surface area (Å²) in [5.41, 5.74) is -0.302. The summed E-state index contributed by atoms with van der Waals surface area (Å²) in [4.78, 5) is 13.5. The zero-order valence-electron chi connectivity index (χ0n) is 11.1. The number of hydrogen-bond donors (Lipinski definition) is 1. The van der Waals surface area contributed by atoms with E-state index in [1.54, 1.807) is 11.9 Å². The second-order valence-corrected chi connectivity index (χ2v) is 4.95. The number of ether oxygens (including phenoxy) is 1. The number of hydrogen-bond acceptors (Lipinski definition) is 3. The number of rotatable bonds is 8. The Morgan fingerprint density at radius 3 is 2.59 bits per heavy atom. The molecule has 0 aromatic rings. The van der Waals surface area contributed by atoms with E-state index in [9.17, 15) is 9.90 Å². The van der Waals surface area contributed by atoms with Crippen LogP contribution in [0.1, 0.15) is 45.4 Å². The number of aliphatic hydroxyl groups excluding tert-OH is 1. The van der Waals surface area contributed by atoms with E-state index < -0.39 is 0 Å². The van der Waals surface area contributed by atoms with Crippen molar-refractivity contribution >= 4 is 5.91 Å². The summed E-state index contributed by atoms with van der Waals surface area (Å²) in [5.74, 6) is -0.0183. The number of amides is 1. The number of nitrogens with zero attached hydrogens (tertiary/aromatic N) is 1. The number of carbonyl (C=O) groups excluding carboxylic acids is 1. The van der Waals surface area contributed by atoms with Crippen molar-refractivity contribution in [1.82, 2.24) is 4.90 Å². The molecule has 0 spiro atoms. The first kappa shape index (κ1) is 14.5. The molecule has 1 N–H and O–H groups in total. The number of likely N-dealkylation sites (N-methyl/N-ethyl adjacent to an activating group) is 1. The maximum Gasteiger partial charge on any atom is 0.248 e. The molecule has 0 bridgehead atoms. The van der Waals surface area contributed by atoms with E-state index in [1.807, 2.05) is 0 Å². The highest BCUT2D eigenvalue weighted by atomic mass is 16.5. The molecule has 1 amide bonds. The first-order valence-electron chi connectivity index (χ1n) is 6.61. The average Bonchev–Trinajstić information content (AvgIpc) is 2.27. The van der Waals surface area contributed by atoms with E-state index in [0.717, 1.165) is 38.5 Å². The van der Waals surface area contributed by atoms with Gasteiger partial charge in [-0.3, -0.25) is 4.79 Å². The van der Waals surface area contributed by atoms with Crippen molar-refractivity contribution in [3.63, 3.8) is 0 Å². The van der Waals surface area contributed by atoms with Crippen LogP contribution in [0.4, 0.5) is 0 Å². The molecule has 1 aliphatic carbocycles. The largest absolute Gasteiger partial charge is 0.394 e. The Balaban J connectivity index is 2.22. The van der Waals surface area contributed by atoms with Crippen molar-refractivity contribution in [3.8, 4) is 0 Å². The minimum absolute atomic E-state index is 0.0183. The minimum atomic E-state index is -0.302. The fraction of sp³-hybridized carbons (Fsp3) is 0.923. The summed E-state index contributed by atoms with van der Waals surface area (Å²) >= 11 is 0. The lowest BCUT2D eigenvalue weighted by atomic mass is 9.76. The van der Waals surface area contributed by atoms with Crippen LogP contribution in [0.2, 0.25) is 0 Å². The van der Waals surface area contributed by atoms with E-state index >= 15 is 0 Å². The van der Waals surface area contributed by atoms with Crippen LogP contribution in [0.5, 0.6) is 0 Å². The van der Waals surface area contributed by atoms with Gasteiger partial charge in [0.2, 0.25) is 5.91 Å². The van der Waals surface area contributed by atoms with Gasteiger partial charge in [-0.2, -0.15) is 0 Å². The Bertz CT molecular complexity index is 233. The third-order valence-electron chi connectivity index (χ3n) is 3.78. The van der Waals surface area contributed by atoms with Gasteiger partial charge in [0, 0.05) is 13.7 Å². The van der Waals surface area contributed by atoms with Gasteiger partial charge in [-0.05, 0) is 25.7 Å². The smallest absolute Gasteiger partial charge is 0.248 e. The standard InChI is InChI=1S/C13H25NO3/c1-3-4-5-9-17-10-12(16)14(2)13(11-15)7-6-8-13/h15H,3-11H2,1-2H3. The molecule has 0 atom stereocenters. The Labute approximate surface area is 104 Å². The van der Waals surface area contributed by atoms with Crippen LogP contribution < -0.4 is 0 Å². The van der Waals surface area contributed by atoms with E-state index in [1.165, 1.54) is 0 Å². The van der Waals surface area contributed by atoms with Gasteiger partial charge >= 0.3 is 0 Å². The van der Waals surface area contributed by atoms with Crippen molar-refractivity contribution in [2.24, 2.45) is 0 Å². The molecule has 100 valence electrons. The van der Waals surface area contributed by atoms with Gasteiger partial charge in [-0.15, -0.1) is 0 Å². The summed E-state index contributed by atoms with van der Waals surface area (Å²) in [5, 5.41) is 9.36. The molecule has 0 aromatic heterocycles. The van der Waals surface area contributed by atoms with E-state index in [0.29, 0.717) is 6.61 Å². The third-order valence-corrected chi connectivity index (χ3v) is 3.78. The number of carbonyl (C=O) groups is 1. The fourth-order valence-electron chi connectivity index (χ4n) is 2.16. The molecule has 0 saturated heterocycles.